The summed E-state index contributed by atoms with van der Waals surface area (Å²) in [6.45, 7) is 4.48. The minimum Gasteiger partial charge on any atom is -0.497 e. The highest BCUT2D eigenvalue weighted by atomic mass is 32.2. The van der Waals surface area contributed by atoms with Crippen LogP contribution in [0, 0.1) is 5.92 Å². The van der Waals surface area contributed by atoms with Crippen molar-refractivity contribution in [1.82, 2.24) is 14.9 Å². The second kappa shape index (κ2) is 10.6. The Bertz CT molecular complexity index is 973. The van der Waals surface area contributed by atoms with Gasteiger partial charge in [0.05, 0.1) is 12.0 Å². The summed E-state index contributed by atoms with van der Waals surface area (Å²) < 4.78 is 32.6. The molecule has 2 aromatic carbocycles. The van der Waals surface area contributed by atoms with Gasteiger partial charge >= 0.3 is 0 Å². The minimum atomic E-state index is -3.42. The molecular weight excluding hydrogens is 412 g/mol. The lowest BCUT2D eigenvalue weighted by Crippen LogP contribution is -2.39. The lowest BCUT2D eigenvalue weighted by atomic mass is 10.0. The minimum absolute atomic E-state index is 0.354. The van der Waals surface area contributed by atoms with E-state index in [0.717, 1.165) is 29.7 Å². The van der Waals surface area contributed by atoms with Gasteiger partial charge in [0.25, 0.3) is 0 Å². The molecule has 168 valence electrons. The smallest absolute Gasteiger partial charge is 0.243 e. The third kappa shape index (κ3) is 6.21. The van der Waals surface area contributed by atoms with E-state index in [1.54, 1.807) is 30.6 Å². The Balaban J connectivity index is 1.53. The summed E-state index contributed by atoms with van der Waals surface area (Å²) in [4.78, 5) is 4.60. The van der Waals surface area contributed by atoms with E-state index < -0.39 is 10.0 Å². The molecule has 2 aromatic rings. The Morgan fingerprint density at radius 1 is 1.06 bits per heavy atom. The molecule has 1 aliphatic heterocycles. The van der Waals surface area contributed by atoms with Crippen molar-refractivity contribution in [2.75, 3.05) is 27.2 Å². The van der Waals surface area contributed by atoms with Crippen molar-refractivity contribution in [3.63, 3.8) is 0 Å². The zero-order valence-electron chi connectivity index (χ0n) is 18.5. The van der Waals surface area contributed by atoms with Crippen molar-refractivity contribution in [2.45, 2.75) is 37.8 Å². The fraction of sp³-hybridized carbons (Fsp3) is 0.435. The summed E-state index contributed by atoms with van der Waals surface area (Å²) in [7, 11) is -0.0553. The SMILES string of the molecule is CN=C(NCc1ccc(OC)cc1)NCc1ccc(S(=O)(=O)N2CCCC(C)C2)cc1. The van der Waals surface area contributed by atoms with Gasteiger partial charge in [0.1, 0.15) is 5.75 Å². The summed E-state index contributed by atoms with van der Waals surface area (Å²) in [6.07, 6.45) is 2.01. The van der Waals surface area contributed by atoms with Gasteiger partial charge in [-0.1, -0.05) is 31.2 Å². The van der Waals surface area contributed by atoms with Crippen molar-refractivity contribution < 1.29 is 13.2 Å². The Morgan fingerprint density at radius 3 is 2.16 bits per heavy atom. The number of aliphatic imine (C=N–C) groups is 1. The number of hydrogen-bond acceptors (Lipinski definition) is 4. The first-order chi connectivity index (χ1) is 14.9. The maximum absolute atomic E-state index is 12.9. The van der Waals surface area contributed by atoms with Crippen molar-refractivity contribution in [2.24, 2.45) is 10.9 Å². The third-order valence-corrected chi connectivity index (χ3v) is 7.36. The number of methoxy groups -OCH3 is 1. The molecule has 0 amide bonds. The molecule has 2 N–H and O–H groups in total. The van der Waals surface area contributed by atoms with E-state index in [4.69, 9.17) is 4.74 Å². The number of hydrogen-bond donors (Lipinski definition) is 2. The normalized spacial score (nSPS) is 17.9. The van der Waals surface area contributed by atoms with Crippen LogP contribution in [0.15, 0.2) is 58.4 Å². The molecule has 7 nitrogen and oxygen atoms in total. The molecule has 1 heterocycles. The molecule has 0 radical (unpaired) electrons. The van der Waals surface area contributed by atoms with Gasteiger partial charge in [0, 0.05) is 33.2 Å². The van der Waals surface area contributed by atoms with Gasteiger partial charge in [-0.25, -0.2) is 8.42 Å². The number of rotatable bonds is 7. The van der Waals surface area contributed by atoms with Crippen molar-refractivity contribution in [3.05, 3.63) is 59.7 Å². The van der Waals surface area contributed by atoms with Crippen LogP contribution in [-0.2, 0) is 23.1 Å². The van der Waals surface area contributed by atoms with Crippen LogP contribution in [0.3, 0.4) is 0 Å². The van der Waals surface area contributed by atoms with E-state index in [-0.39, 0.29) is 0 Å². The van der Waals surface area contributed by atoms with Gasteiger partial charge in [-0.15, -0.1) is 0 Å². The monoisotopic (exact) mass is 444 g/mol. The highest BCUT2D eigenvalue weighted by molar-refractivity contribution is 7.89. The number of sulfonamides is 1. The largest absolute Gasteiger partial charge is 0.497 e. The Hall–Kier alpha value is -2.58. The number of nitrogens with zero attached hydrogens (tertiary/aromatic N) is 2. The van der Waals surface area contributed by atoms with Crippen LogP contribution >= 0.6 is 0 Å². The predicted octanol–water partition coefficient (Wildman–Crippen LogP) is 2.98. The molecule has 0 spiro atoms. The summed E-state index contributed by atoms with van der Waals surface area (Å²) in [5.41, 5.74) is 2.10. The van der Waals surface area contributed by atoms with Gasteiger partial charge in [-0.3, -0.25) is 4.99 Å². The lowest BCUT2D eigenvalue weighted by Gasteiger charge is -2.30. The van der Waals surface area contributed by atoms with Crippen molar-refractivity contribution in [3.8, 4) is 5.75 Å². The molecule has 0 saturated carbocycles. The van der Waals surface area contributed by atoms with Crippen LogP contribution in [-0.4, -0.2) is 45.9 Å². The second-order valence-electron chi connectivity index (χ2n) is 7.88. The highest BCUT2D eigenvalue weighted by Gasteiger charge is 2.28. The first-order valence-corrected chi connectivity index (χ1v) is 12.0. The first kappa shape index (κ1) is 23.1. The van der Waals surface area contributed by atoms with E-state index in [2.05, 4.69) is 22.5 Å². The summed E-state index contributed by atoms with van der Waals surface area (Å²) in [5.74, 6) is 1.91. The van der Waals surface area contributed by atoms with Gasteiger partial charge in [-0.05, 0) is 54.2 Å². The van der Waals surface area contributed by atoms with Crippen LogP contribution in [0.25, 0.3) is 0 Å². The van der Waals surface area contributed by atoms with E-state index in [1.807, 2.05) is 36.4 Å². The van der Waals surface area contributed by atoms with E-state index in [9.17, 15) is 8.42 Å². The molecule has 1 saturated heterocycles. The van der Waals surface area contributed by atoms with E-state index in [1.165, 1.54) is 0 Å². The molecule has 1 aliphatic rings. The average molecular weight is 445 g/mol. The molecule has 1 unspecified atom stereocenters. The summed E-state index contributed by atoms with van der Waals surface area (Å²) >= 11 is 0. The van der Waals surface area contributed by atoms with Gasteiger partial charge < -0.3 is 15.4 Å². The quantitative estimate of drug-likeness (QED) is 0.507. The van der Waals surface area contributed by atoms with Gasteiger partial charge in [-0.2, -0.15) is 4.31 Å². The number of piperidine rings is 1. The number of nitrogens with one attached hydrogen (secondary N) is 2. The Kier molecular flexibility index (Phi) is 7.92. The number of benzene rings is 2. The zero-order chi connectivity index (χ0) is 22.3. The van der Waals surface area contributed by atoms with Crippen molar-refractivity contribution in [1.29, 1.82) is 0 Å². The molecule has 31 heavy (non-hydrogen) atoms. The zero-order valence-corrected chi connectivity index (χ0v) is 19.3. The molecule has 1 atom stereocenters. The Morgan fingerprint density at radius 2 is 1.65 bits per heavy atom. The molecule has 1 fully saturated rings. The second-order valence-corrected chi connectivity index (χ2v) is 9.82. The maximum atomic E-state index is 12.9. The molecule has 3 rings (SSSR count). The third-order valence-electron chi connectivity index (χ3n) is 5.48. The average Bonchev–Trinajstić information content (AvgIpc) is 2.80. The van der Waals surface area contributed by atoms with Crippen LogP contribution in [0.4, 0.5) is 0 Å². The predicted molar refractivity (Wildman–Crippen MR) is 124 cm³/mol. The molecular formula is C23H32N4O3S. The topological polar surface area (TPSA) is 83.0 Å². The molecule has 0 aliphatic carbocycles. The lowest BCUT2D eigenvalue weighted by molar-refractivity contribution is 0.281. The summed E-state index contributed by atoms with van der Waals surface area (Å²) in [5, 5.41) is 6.53. The van der Waals surface area contributed by atoms with E-state index in [0.29, 0.717) is 43.0 Å². The Labute approximate surface area is 185 Å². The van der Waals surface area contributed by atoms with Crippen molar-refractivity contribution >= 4 is 16.0 Å². The van der Waals surface area contributed by atoms with Crippen LogP contribution in [0.5, 0.6) is 5.75 Å². The number of ether oxygens (including phenoxy) is 1. The fourth-order valence-corrected chi connectivity index (χ4v) is 5.23. The number of guanidine groups is 1. The van der Waals surface area contributed by atoms with Gasteiger partial charge in [0.15, 0.2) is 5.96 Å². The van der Waals surface area contributed by atoms with E-state index >= 15 is 0 Å². The molecule has 0 bridgehead atoms. The summed E-state index contributed by atoms with van der Waals surface area (Å²) in [6, 6.07) is 14.9. The van der Waals surface area contributed by atoms with Crippen LogP contribution in [0.1, 0.15) is 30.9 Å². The maximum Gasteiger partial charge on any atom is 0.243 e. The molecule has 8 heteroatoms. The first-order valence-electron chi connectivity index (χ1n) is 10.6. The van der Waals surface area contributed by atoms with Gasteiger partial charge in [0.2, 0.25) is 10.0 Å². The van der Waals surface area contributed by atoms with Crippen LogP contribution < -0.4 is 15.4 Å². The molecule has 0 aromatic heterocycles. The standard InChI is InChI=1S/C23H32N4O3S/c1-18-5-4-14-27(17-18)31(28,29)22-12-8-20(9-13-22)16-26-23(24-2)25-15-19-6-10-21(30-3)11-7-19/h6-13,18H,4-5,14-17H2,1-3H3,(H2,24,25,26). The highest BCUT2D eigenvalue weighted by Crippen LogP contribution is 2.23. The fourth-order valence-electron chi connectivity index (χ4n) is 3.63. The van der Waals surface area contributed by atoms with Crippen LogP contribution in [0.2, 0.25) is 0 Å².